The zero-order valence-corrected chi connectivity index (χ0v) is 18.5. The third-order valence-electron chi connectivity index (χ3n) is 4.67. The number of amides is 3. The van der Waals surface area contributed by atoms with E-state index in [4.69, 9.17) is 0 Å². The van der Waals surface area contributed by atoms with Crippen molar-refractivity contribution in [2.45, 2.75) is 6.92 Å². The first-order chi connectivity index (χ1) is 13.9. The number of anilines is 1. The Kier molecular flexibility index (Phi) is 7.40. The SMILES string of the molecule is Cc1cc(Br)ccc1NC(=O)CNC(=O)CN1CCN(C(=O)c2cccs2)CC1. The van der Waals surface area contributed by atoms with E-state index in [-0.39, 0.29) is 30.8 Å². The molecule has 7 nitrogen and oxygen atoms in total. The highest BCUT2D eigenvalue weighted by Crippen LogP contribution is 2.19. The molecule has 1 aromatic heterocycles. The van der Waals surface area contributed by atoms with Crippen LogP contribution in [0.1, 0.15) is 15.2 Å². The Balaban J connectivity index is 1.38. The van der Waals surface area contributed by atoms with E-state index >= 15 is 0 Å². The molecular weight excluding hydrogens is 456 g/mol. The van der Waals surface area contributed by atoms with Crippen LogP contribution in [0.3, 0.4) is 0 Å². The molecule has 0 aliphatic carbocycles. The molecule has 154 valence electrons. The Morgan fingerprint density at radius 1 is 1.10 bits per heavy atom. The number of nitrogens with one attached hydrogen (secondary N) is 2. The summed E-state index contributed by atoms with van der Waals surface area (Å²) in [7, 11) is 0. The van der Waals surface area contributed by atoms with Crippen molar-refractivity contribution in [1.82, 2.24) is 15.1 Å². The van der Waals surface area contributed by atoms with E-state index in [1.807, 2.05) is 52.4 Å². The molecule has 1 aliphatic rings. The van der Waals surface area contributed by atoms with E-state index < -0.39 is 0 Å². The number of hydrogen-bond acceptors (Lipinski definition) is 5. The Morgan fingerprint density at radius 2 is 1.86 bits per heavy atom. The van der Waals surface area contributed by atoms with Crippen molar-refractivity contribution in [3.05, 3.63) is 50.6 Å². The normalized spacial score (nSPS) is 14.5. The lowest BCUT2D eigenvalue weighted by Crippen LogP contribution is -2.51. The molecule has 0 atom stereocenters. The van der Waals surface area contributed by atoms with Gasteiger partial charge in [0.05, 0.1) is 18.0 Å². The third kappa shape index (κ3) is 6.12. The molecule has 0 radical (unpaired) electrons. The van der Waals surface area contributed by atoms with Crippen LogP contribution in [0.15, 0.2) is 40.2 Å². The lowest BCUT2D eigenvalue weighted by Gasteiger charge is -2.34. The van der Waals surface area contributed by atoms with Crippen LogP contribution in [0.4, 0.5) is 5.69 Å². The van der Waals surface area contributed by atoms with Crippen LogP contribution in [0.25, 0.3) is 0 Å². The van der Waals surface area contributed by atoms with Crippen molar-refractivity contribution in [3.63, 3.8) is 0 Å². The molecule has 2 aromatic rings. The molecule has 2 N–H and O–H groups in total. The summed E-state index contributed by atoms with van der Waals surface area (Å²) >= 11 is 4.82. The van der Waals surface area contributed by atoms with Gasteiger partial charge in [-0.15, -0.1) is 11.3 Å². The van der Waals surface area contributed by atoms with Crippen molar-refractivity contribution >= 4 is 50.7 Å². The molecule has 3 amide bonds. The van der Waals surface area contributed by atoms with Gasteiger partial charge in [-0.1, -0.05) is 22.0 Å². The highest BCUT2D eigenvalue weighted by molar-refractivity contribution is 9.10. The van der Waals surface area contributed by atoms with Gasteiger partial charge in [0.1, 0.15) is 0 Å². The molecule has 0 spiro atoms. The summed E-state index contributed by atoms with van der Waals surface area (Å²) in [5.74, 6) is -0.426. The number of carbonyl (C=O) groups is 3. The van der Waals surface area contributed by atoms with Crippen molar-refractivity contribution in [2.75, 3.05) is 44.6 Å². The zero-order valence-electron chi connectivity index (χ0n) is 16.1. The van der Waals surface area contributed by atoms with Gasteiger partial charge in [0.25, 0.3) is 5.91 Å². The van der Waals surface area contributed by atoms with E-state index in [2.05, 4.69) is 26.6 Å². The van der Waals surface area contributed by atoms with E-state index in [0.717, 1.165) is 20.6 Å². The summed E-state index contributed by atoms with van der Waals surface area (Å²) in [5.41, 5.74) is 1.66. The van der Waals surface area contributed by atoms with Crippen LogP contribution in [0.2, 0.25) is 0 Å². The van der Waals surface area contributed by atoms with Crippen LogP contribution in [-0.2, 0) is 9.59 Å². The lowest BCUT2D eigenvalue weighted by atomic mass is 10.2. The fourth-order valence-electron chi connectivity index (χ4n) is 3.06. The third-order valence-corrected chi connectivity index (χ3v) is 6.02. The minimum atomic E-state index is -0.268. The maximum atomic E-state index is 12.4. The van der Waals surface area contributed by atoms with Gasteiger partial charge in [0.2, 0.25) is 11.8 Å². The van der Waals surface area contributed by atoms with Crippen molar-refractivity contribution in [2.24, 2.45) is 0 Å². The fraction of sp³-hybridized carbons (Fsp3) is 0.350. The van der Waals surface area contributed by atoms with Gasteiger partial charge >= 0.3 is 0 Å². The van der Waals surface area contributed by atoms with Crippen molar-refractivity contribution in [3.8, 4) is 0 Å². The molecule has 2 heterocycles. The van der Waals surface area contributed by atoms with Gasteiger partial charge in [0.15, 0.2) is 0 Å². The molecular formula is C20H23BrN4O3S. The number of benzene rings is 1. The predicted molar refractivity (Wildman–Crippen MR) is 117 cm³/mol. The van der Waals surface area contributed by atoms with Gasteiger partial charge in [-0.25, -0.2) is 0 Å². The number of rotatable bonds is 6. The van der Waals surface area contributed by atoms with Crippen LogP contribution in [0.5, 0.6) is 0 Å². The van der Waals surface area contributed by atoms with Crippen LogP contribution in [0, 0.1) is 6.92 Å². The molecule has 1 aromatic carbocycles. The summed E-state index contributed by atoms with van der Waals surface area (Å²) in [6.07, 6.45) is 0. The average Bonchev–Trinajstić information content (AvgIpc) is 3.23. The highest BCUT2D eigenvalue weighted by Gasteiger charge is 2.23. The van der Waals surface area contributed by atoms with Crippen LogP contribution < -0.4 is 10.6 Å². The molecule has 3 rings (SSSR count). The number of carbonyl (C=O) groups excluding carboxylic acids is 3. The standard InChI is InChI=1S/C20H23BrN4O3S/c1-14-11-15(21)4-5-16(14)23-18(26)12-22-19(27)13-24-6-8-25(9-7-24)20(28)17-3-2-10-29-17/h2-5,10-11H,6-9,12-13H2,1H3,(H,22,27)(H,23,26). The van der Waals surface area contributed by atoms with Crippen LogP contribution >= 0.6 is 27.3 Å². The number of nitrogens with zero attached hydrogens (tertiary/aromatic N) is 2. The predicted octanol–water partition coefficient (Wildman–Crippen LogP) is 2.33. The van der Waals surface area contributed by atoms with E-state index in [9.17, 15) is 14.4 Å². The van der Waals surface area contributed by atoms with Gasteiger partial charge in [0, 0.05) is 36.3 Å². The van der Waals surface area contributed by atoms with E-state index in [1.54, 1.807) is 0 Å². The van der Waals surface area contributed by atoms with Gasteiger partial charge in [-0.3, -0.25) is 19.3 Å². The summed E-state index contributed by atoms with van der Waals surface area (Å²) in [6.45, 7) is 4.49. The Morgan fingerprint density at radius 3 is 2.52 bits per heavy atom. The van der Waals surface area contributed by atoms with Crippen molar-refractivity contribution < 1.29 is 14.4 Å². The second-order valence-corrected chi connectivity index (χ2v) is 8.69. The van der Waals surface area contributed by atoms with Gasteiger partial charge < -0.3 is 15.5 Å². The second-order valence-electron chi connectivity index (χ2n) is 6.83. The highest BCUT2D eigenvalue weighted by atomic mass is 79.9. The van der Waals surface area contributed by atoms with Gasteiger partial charge in [-0.05, 0) is 42.1 Å². The lowest BCUT2D eigenvalue weighted by molar-refractivity contribution is -0.125. The number of aryl methyl sites for hydroxylation is 1. The summed E-state index contributed by atoms with van der Waals surface area (Å²) in [6, 6.07) is 9.28. The first-order valence-corrected chi connectivity index (χ1v) is 11.0. The summed E-state index contributed by atoms with van der Waals surface area (Å²) < 4.78 is 0.943. The van der Waals surface area contributed by atoms with Crippen molar-refractivity contribution in [1.29, 1.82) is 0 Å². The Labute approximate surface area is 182 Å². The maximum Gasteiger partial charge on any atom is 0.264 e. The molecule has 1 aliphatic heterocycles. The van der Waals surface area contributed by atoms with Gasteiger partial charge in [-0.2, -0.15) is 0 Å². The van der Waals surface area contributed by atoms with Crippen LogP contribution in [-0.4, -0.2) is 66.8 Å². The van der Waals surface area contributed by atoms with E-state index in [0.29, 0.717) is 26.2 Å². The minimum Gasteiger partial charge on any atom is -0.346 e. The molecule has 0 saturated carbocycles. The number of halogens is 1. The number of piperazine rings is 1. The minimum absolute atomic E-state index is 0.0454. The zero-order chi connectivity index (χ0) is 20.8. The average molecular weight is 479 g/mol. The topological polar surface area (TPSA) is 81.8 Å². The maximum absolute atomic E-state index is 12.4. The number of thiophene rings is 1. The number of hydrogen-bond donors (Lipinski definition) is 2. The summed E-state index contributed by atoms with van der Waals surface area (Å²) in [5, 5.41) is 7.34. The van der Waals surface area contributed by atoms with E-state index in [1.165, 1.54) is 11.3 Å². The fourth-order valence-corrected chi connectivity index (χ4v) is 4.23. The molecule has 1 saturated heterocycles. The molecule has 9 heteroatoms. The molecule has 1 fully saturated rings. The first kappa shape index (κ1) is 21.5. The molecule has 0 bridgehead atoms. The quantitative estimate of drug-likeness (QED) is 0.667. The largest absolute Gasteiger partial charge is 0.346 e. The molecule has 0 unspecified atom stereocenters. The second kappa shape index (κ2) is 10.00. The first-order valence-electron chi connectivity index (χ1n) is 9.30. The Hall–Kier alpha value is -2.23. The smallest absolute Gasteiger partial charge is 0.264 e. The summed E-state index contributed by atoms with van der Waals surface area (Å²) in [4.78, 5) is 41.1. The molecule has 29 heavy (non-hydrogen) atoms. The monoisotopic (exact) mass is 478 g/mol. The Bertz CT molecular complexity index is 880.